The van der Waals surface area contributed by atoms with Gasteiger partial charge in [0.1, 0.15) is 12.1 Å². The van der Waals surface area contributed by atoms with E-state index in [0.717, 1.165) is 31.4 Å². The highest BCUT2D eigenvalue weighted by Crippen LogP contribution is 2.21. The van der Waals surface area contributed by atoms with Crippen molar-refractivity contribution in [3.63, 3.8) is 0 Å². The van der Waals surface area contributed by atoms with Crippen molar-refractivity contribution < 1.29 is 27.9 Å². The predicted molar refractivity (Wildman–Crippen MR) is 84.8 cm³/mol. The smallest absolute Gasteiger partial charge is 0.130 e. The van der Waals surface area contributed by atoms with Crippen LogP contribution in [0.1, 0.15) is 50.7 Å². The Labute approximate surface area is 139 Å². The van der Waals surface area contributed by atoms with Crippen molar-refractivity contribution >= 4 is 0 Å². The van der Waals surface area contributed by atoms with E-state index >= 15 is 0 Å². The Kier molecular flexibility index (Phi) is 8.72. The summed E-state index contributed by atoms with van der Waals surface area (Å²) < 4.78 is 0. The minimum absolute atomic E-state index is 0. The van der Waals surface area contributed by atoms with Crippen LogP contribution >= 0.6 is 0 Å². The van der Waals surface area contributed by atoms with Crippen molar-refractivity contribution in [2.24, 2.45) is 0 Å². The molecule has 0 saturated heterocycles. The molecule has 0 aliphatic heterocycles. The van der Waals surface area contributed by atoms with Crippen LogP contribution < -0.4 is 17.7 Å². The van der Waals surface area contributed by atoms with Gasteiger partial charge in [-0.2, -0.15) is 0 Å². The second-order valence-corrected chi connectivity index (χ2v) is 6.07. The van der Waals surface area contributed by atoms with Crippen molar-refractivity contribution in [3.8, 4) is 0 Å². The molecule has 1 aliphatic rings. The van der Waals surface area contributed by atoms with Gasteiger partial charge in [0.15, 0.2) is 0 Å². The van der Waals surface area contributed by atoms with E-state index in [0.29, 0.717) is 0 Å². The van der Waals surface area contributed by atoms with Crippen molar-refractivity contribution in [1.82, 2.24) is 0 Å². The third-order valence-corrected chi connectivity index (χ3v) is 4.37. The first-order valence-electron chi connectivity index (χ1n) is 8.12. The van der Waals surface area contributed by atoms with E-state index < -0.39 is 6.10 Å². The van der Waals surface area contributed by atoms with Crippen LogP contribution in [0.4, 0.5) is 0 Å². The Balaban J connectivity index is 0.00000242. The molecule has 1 aromatic carbocycles. The Morgan fingerprint density at radius 3 is 2.50 bits per heavy atom. The first kappa shape index (κ1) is 19.2. The maximum absolute atomic E-state index is 10.3. The number of hydrogen-bond acceptors (Lipinski definition) is 2. The number of rotatable bonds is 7. The van der Waals surface area contributed by atoms with Gasteiger partial charge in [0, 0.05) is 6.42 Å². The molecule has 3 nitrogen and oxygen atoms in total. The molecule has 1 aliphatic carbocycles. The first-order valence-corrected chi connectivity index (χ1v) is 8.12. The van der Waals surface area contributed by atoms with Crippen molar-refractivity contribution in [2.45, 2.75) is 57.3 Å². The summed E-state index contributed by atoms with van der Waals surface area (Å²) >= 11 is 0. The SMILES string of the molecule is CC([NH2+]CCC(O)C1=CCCCC1)C(O)c1ccccc1.[Cl-]. The monoisotopic (exact) mass is 325 g/mol. The molecule has 0 saturated carbocycles. The zero-order chi connectivity index (χ0) is 15.1. The van der Waals surface area contributed by atoms with Gasteiger partial charge in [0.2, 0.25) is 0 Å². The molecule has 3 unspecified atom stereocenters. The lowest BCUT2D eigenvalue weighted by Gasteiger charge is -2.21. The molecule has 0 bridgehead atoms. The van der Waals surface area contributed by atoms with Gasteiger partial charge in [-0.3, -0.25) is 0 Å². The number of hydrogen-bond donors (Lipinski definition) is 3. The first-order chi connectivity index (χ1) is 10.2. The van der Waals surface area contributed by atoms with E-state index in [-0.39, 0.29) is 24.6 Å². The summed E-state index contributed by atoms with van der Waals surface area (Å²) in [6.45, 7) is 2.87. The number of aliphatic hydroxyl groups is 2. The minimum atomic E-state index is -0.461. The highest BCUT2D eigenvalue weighted by atomic mass is 35.5. The Morgan fingerprint density at radius 1 is 1.14 bits per heavy atom. The standard InChI is InChI=1S/C18H27NO2.ClH/c1-14(18(21)16-10-6-3-7-11-16)19-13-12-17(20)15-8-4-2-5-9-15;/h3,6-8,10-11,14,17-21H,2,4-5,9,12-13H2,1H3;1H. The van der Waals surface area contributed by atoms with Gasteiger partial charge >= 0.3 is 0 Å². The number of benzene rings is 1. The van der Waals surface area contributed by atoms with Gasteiger partial charge in [-0.25, -0.2) is 0 Å². The van der Waals surface area contributed by atoms with Gasteiger partial charge in [-0.15, -0.1) is 0 Å². The Hall–Kier alpha value is -0.870. The molecule has 1 aromatic rings. The molecule has 2 rings (SSSR count). The molecule has 0 aromatic heterocycles. The maximum atomic E-state index is 10.3. The van der Waals surface area contributed by atoms with Crippen LogP contribution in [-0.4, -0.2) is 28.9 Å². The third kappa shape index (κ3) is 5.73. The highest BCUT2D eigenvalue weighted by molar-refractivity contribution is 5.17. The minimum Gasteiger partial charge on any atom is -1.00 e. The van der Waals surface area contributed by atoms with E-state index in [2.05, 4.69) is 11.4 Å². The molecular formula is C18H28ClNO2. The third-order valence-electron chi connectivity index (χ3n) is 4.37. The van der Waals surface area contributed by atoms with Gasteiger partial charge < -0.3 is 27.9 Å². The fraction of sp³-hybridized carbons (Fsp3) is 0.556. The van der Waals surface area contributed by atoms with Crippen LogP contribution in [0.2, 0.25) is 0 Å². The predicted octanol–water partition coefficient (Wildman–Crippen LogP) is -1.07. The zero-order valence-electron chi connectivity index (χ0n) is 13.3. The van der Waals surface area contributed by atoms with Crippen LogP contribution in [0, 0.1) is 0 Å². The normalized spacial score (nSPS) is 18.8. The lowest BCUT2D eigenvalue weighted by molar-refractivity contribution is -0.695. The van der Waals surface area contributed by atoms with Crippen molar-refractivity contribution in [1.29, 1.82) is 0 Å². The second kappa shape index (κ2) is 10.0. The lowest BCUT2D eigenvalue weighted by Crippen LogP contribution is -3.00. The van der Waals surface area contributed by atoms with Crippen LogP contribution in [0.25, 0.3) is 0 Å². The number of aliphatic hydroxyl groups excluding tert-OH is 2. The molecule has 0 fully saturated rings. The molecule has 124 valence electrons. The van der Waals surface area contributed by atoms with Crippen molar-refractivity contribution in [2.75, 3.05) is 6.54 Å². The zero-order valence-corrected chi connectivity index (χ0v) is 14.0. The van der Waals surface area contributed by atoms with Gasteiger partial charge in [0.25, 0.3) is 0 Å². The van der Waals surface area contributed by atoms with Crippen LogP contribution in [0.15, 0.2) is 42.0 Å². The largest absolute Gasteiger partial charge is 1.00 e. The summed E-state index contributed by atoms with van der Waals surface area (Å²) in [5.74, 6) is 0. The van der Waals surface area contributed by atoms with E-state index in [9.17, 15) is 10.2 Å². The van der Waals surface area contributed by atoms with E-state index in [1.54, 1.807) is 0 Å². The molecule has 4 heteroatoms. The molecule has 4 N–H and O–H groups in total. The topological polar surface area (TPSA) is 57.1 Å². The summed E-state index contributed by atoms with van der Waals surface area (Å²) in [5.41, 5.74) is 2.17. The maximum Gasteiger partial charge on any atom is 0.130 e. The van der Waals surface area contributed by atoms with Crippen LogP contribution in [0.3, 0.4) is 0 Å². The van der Waals surface area contributed by atoms with E-state index in [4.69, 9.17) is 0 Å². The summed E-state index contributed by atoms with van der Waals surface area (Å²) in [4.78, 5) is 0. The summed E-state index contributed by atoms with van der Waals surface area (Å²) in [7, 11) is 0. The fourth-order valence-corrected chi connectivity index (χ4v) is 2.95. The van der Waals surface area contributed by atoms with Gasteiger partial charge in [0.05, 0.1) is 12.6 Å². The number of halogens is 1. The summed E-state index contributed by atoms with van der Waals surface area (Å²) in [6, 6.07) is 9.86. The number of allylic oxidation sites excluding steroid dienone is 1. The Morgan fingerprint density at radius 2 is 1.86 bits per heavy atom. The average molecular weight is 326 g/mol. The average Bonchev–Trinajstić information content (AvgIpc) is 2.55. The fourth-order valence-electron chi connectivity index (χ4n) is 2.95. The van der Waals surface area contributed by atoms with Crippen molar-refractivity contribution in [3.05, 3.63) is 47.5 Å². The highest BCUT2D eigenvalue weighted by Gasteiger charge is 2.20. The molecule has 0 heterocycles. The molecule has 0 spiro atoms. The molecular weight excluding hydrogens is 298 g/mol. The van der Waals surface area contributed by atoms with E-state index in [1.165, 1.54) is 18.4 Å². The van der Waals surface area contributed by atoms with E-state index in [1.807, 2.05) is 37.3 Å². The molecule has 22 heavy (non-hydrogen) atoms. The van der Waals surface area contributed by atoms with Gasteiger partial charge in [-0.05, 0) is 43.7 Å². The molecule has 0 amide bonds. The number of quaternary nitrogens is 1. The number of nitrogens with two attached hydrogens (primary N) is 1. The van der Waals surface area contributed by atoms with Gasteiger partial charge in [-0.1, -0.05) is 36.4 Å². The summed E-state index contributed by atoms with van der Waals surface area (Å²) in [5, 5.41) is 22.6. The summed E-state index contributed by atoms with van der Waals surface area (Å²) in [6.07, 6.45) is 6.81. The molecule has 0 radical (unpaired) electrons. The van der Waals surface area contributed by atoms with Crippen LogP contribution in [0.5, 0.6) is 0 Å². The quantitative estimate of drug-likeness (QED) is 0.559. The lowest BCUT2D eigenvalue weighted by atomic mass is 9.94. The van der Waals surface area contributed by atoms with Crippen LogP contribution in [-0.2, 0) is 0 Å². The molecule has 3 atom stereocenters. The Bertz CT molecular complexity index is 450. The second-order valence-electron chi connectivity index (χ2n) is 6.07.